The minimum atomic E-state index is -0.251. The van der Waals surface area contributed by atoms with Crippen molar-refractivity contribution in [2.75, 3.05) is 25.0 Å². The van der Waals surface area contributed by atoms with Gasteiger partial charge in [-0.1, -0.05) is 12.1 Å². The zero-order valence-electron chi connectivity index (χ0n) is 17.1. The first-order valence-corrected chi connectivity index (χ1v) is 10.4. The van der Waals surface area contributed by atoms with Crippen molar-refractivity contribution in [1.29, 1.82) is 0 Å². The molecule has 1 amide bonds. The molecule has 3 heterocycles. The lowest BCUT2D eigenvalue weighted by atomic mass is 10.1. The number of aromatic nitrogens is 3. The van der Waals surface area contributed by atoms with Crippen LogP contribution in [0.25, 0.3) is 11.2 Å². The van der Waals surface area contributed by atoms with Crippen LogP contribution in [0.1, 0.15) is 31.7 Å². The molecule has 1 aliphatic heterocycles. The predicted octanol–water partition coefficient (Wildman–Crippen LogP) is 4.04. The highest BCUT2D eigenvalue weighted by Gasteiger charge is 2.23. The molecular weight excluding hydrogens is 385 g/mol. The molecular formula is C22H26FN5O2. The molecule has 30 heavy (non-hydrogen) atoms. The predicted molar refractivity (Wildman–Crippen MR) is 113 cm³/mol. The average Bonchev–Trinajstić information content (AvgIpc) is 2.92. The van der Waals surface area contributed by atoms with Gasteiger partial charge in [0.1, 0.15) is 5.82 Å². The van der Waals surface area contributed by atoms with Gasteiger partial charge < -0.3 is 19.5 Å². The molecule has 8 heteroatoms. The van der Waals surface area contributed by atoms with E-state index in [0.717, 1.165) is 36.3 Å². The minimum Gasteiger partial charge on any atom is -0.450 e. The van der Waals surface area contributed by atoms with Gasteiger partial charge in [-0.25, -0.2) is 14.2 Å². The molecule has 1 aliphatic rings. The molecule has 0 radical (unpaired) electrons. The molecule has 0 spiro atoms. The van der Waals surface area contributed by atoms with Gasteiger partial charge in [0.25, 0.3) is 0 Å². The lowest BCUT2D eigenvalue weighted by Gasteiger charge is -2.20. The maximum absolute atomic E-state index is 13.3. The van der Waals surface area contributed by atoms with E-state index in [1.807, 2.05) is 19.1 Å². The van der Waals surface area contributed by atoms with E-state index in [1.165, 1.54) is 12.1 Å². The van der Waals surface area contributed by atoms with Crippen LogP contribution in [0, 0.1) is 5.82 Å². The second-order valence-corrected chi connectivity index (χ2v) is 7.45. The number of carbonyl (C=O) groups excluding carboxylic acids is 1. The second-order valence-electron chi connectivity index (χ2n) is 7.45. The molecule has 2 aromatic heterocycles. The van der Waals surface area contributed by atoms with E-state index in [0.29, 0.717) is 31.9 Å². The molecule has 0 aliphatic carbocycles. The van der Waals surface area contributed by atoms with E-state index >= 15 is 0 Å². The third-order valence-electron chi connectivity index (χ3n) is 5.37. The standard InChI is InChI=1S/C22H26FN5O2/c1-2-30-22(29)27-13-4-5-18(11-14-27)25-21-26-20-19(6-3-12-24-20)28(21)15-16-7-9-17(23)10-8-16/h3,6-10,12,18H,2,4-5,11,13-15H2,1H3,(H,24,25,26). The Balaban J connectivity index is 1.53. The number of rotatable bonds is 5. The van der Waals surface area contributed by atoms with Crippen molar-refractivity contribution < 1.29 is 13.9 Å². The first kappa shape index (κ1) is 20.1. The third kappa shape index (κ3) is 4.53. The number of likely N-dealkylation sites (tertiary alicyclic amines) is 1. The Hall–Kier alpha value is -3.16. The number of hydrogen-bond acceptors (Lipinski definition) is 5. The number of imidazole rings is 1. The summed E-state index contributed by atoms with van der Waals surface area (Å²) in [7, 11) is 0. The van der Waals surface area contributed by atoms with Gasteiger partial charge in [-0.2, -0.15) is 4.98 Å². The first-order chi connectivity index (χ1) is 14.6. The van der Waals surface area contributed by atoms with Crippen LogP contribution in [0.2, 0.25) is 0 Å². The SMILES string of the molecule is CCOC(=O)N1CCCC(Nc2nc3ncccc3n2Cc2ccc(F)cc2)CC1. The van der Waals surface area contributed by atoms with Crippen LogP contribution in [-0.4, -0.2) is 51.3 Å². The van der Waals surface area contributed by atoms with E-state index in [4.69, 9.17) is 9.72 Å². The largest absolute Gasteiger partial charge is 0.450 e. The van der Waals surface area contributed by atoms with Gasteiger partial charge in [0.05, 0.1) is 18.7 Å². The molecule has 1 saturated heterocycles. The average molecular weight is 411 g/mol. The van der Waals surface area contributed by atoms with E-state index in [-0.39, 0.29) is 18.0 Å². The highest BCUT2D eigenvalue weighted by Crippen LogP contribution is 2.23. The summed E-state index contributed by atoms with van der Waals surface area (Å²) in [6, 6.07) is 10.6. The topological polar surface area (TPSA) is 72.3 Å². The van der Waals surface area contributed by atoms with Gasteiger partial charge in [0.15, 0.2) is 5.65 Å². The summed E-state index contributed by atoms with van der Waals surface area (Å²) in [6.45, 7) is 4.11. The van der Waals surface area contributed by atoms with Crippen molar-refractivity contribution in [2.24, 2.45) is 0 Å². The fraction of sp³-hybridized carbons (Fsp3) is 0.409. The maximum atomic E-state index is 13.3. The Morgan fingerprint density at radius 2 is 2.07 bits per heavy atom. The van der Waals surface area contributed by atoms with Crippen molar-refractivity contribution >= 4 is 23.2 Å². The van der Waals surface area contributed by atoms with Crippen LogP contribution in [0.4, 0.5) is 15.1 Å². The molecule has 0 bridgehead atoms. The molecule has 4 rings (SSSR count). The van der Waals surface area contributed by atoms with Crippen LogP contribution in [-0.2, 0) is 11.3 Å². The fourth-order valence-electron chi connectivity index (χ4n) is 3.82. The maximum Gasteiger partial charge on any atom is 0.409 e. The van der Waals surface area contributed by atoms with Crippen LogP contribution in [0.15, 0.2) is 42.6 Å². The molecule has 1 unspecified atom stereocenters. The second kappa shape index (κ2) is 9.11. The molecule has 7 nitrogen and oxygen atoms in total. The number of anilines is 1. The van der Waals surface area contributed by atoms with Crippen LogP contribution >= 0.6 is 0 Å². The van der Waals surface area contributed by atoms with E-state index < -0.39 is 0 Å². The molecule has 158 valence electrons. The molecule has 1 N–H and O–H groups in total. The summed E-state index contributed by atoms with van der Waals surface area (Å²) in [5, 5.41) is 3.56. The van der Waals surface area contributed by atoms with Crippen molar-refractivity contribution in [1.82, 2.24) is 19.4 Å². The number of benzene rings is 1. The molecule has 0 saturated carbocycles. The summed E-state index contributed by atoms with van der Waals surface area (Å²) in [4.78, 5) is 22.9. The Bertz CT molecular complexity index is 1000. The van der Waals surface area contributed by atoms with E-state index in [2.05, 4.69) is 14.9 Å². The Morgan fingerprint density at radius 1 is 1.23 bits per heavy atom. The van der Waals surface area contributed by atoms with E-state index in [9.17, 15) is 9.18 Å². The van der Waals surface area contributed by atoms with Gasteiger partial charge in [0.2, 0.25) is 5.95 Å². The zero-order valence-corrected chi connectivity index (χ0v) is 17.1. The number of fused-ring (bicyclic) bond motifs is 1. The summed E-state index contributed by atoms with van der Waals surface area (Å²) in [6.07, 6.45) is 4.12. The number of ether oxygens (including phenoxy) is 1. The van der Waals surface area contributed by atoms with Gasteiger partial charge in [0, 0.05) is 25.3 Å². The van der Waals surface area contributed by atoms with Gasteiger partial charge in [-0.05, 0) is 56.0 Å². The van der Waals surface area contributed by atoms with Gasteiger partial charge in [-0.15, -0.1) is 0 Å². The highest BCUT2D eigenvalue weighted by molar-refractivity contribution is 5.74. The monoisotopic (exact) mass is 411 g/mol. The van der Waals surface area contributed by atoms with Crippen LogP contribution in [0.3, 0.4) is 0 Å². The number of nitrogens with one attached hydrogen (secondary N) is 1. The van der Waals surface area contributed by atoms with E-state index in [1.54, 1.807) is 23.2 Å². The van der Waals surface area contributed by atoms with Gasteiger partial charge in [-0.3, -0.25) is 0 Å². The summed E-state index contributed by atoms with van der Waals surface area (Å²) in [5.74, 6) is 0.487. The zero-order chi connectivity index (χ0) is 20.9. The molecule has 1 atom stereocenters. The number of halogens is 1. The number of nitrogens with zero attached hydrogens (tertiary/aromatic N) is 4. The number of amides is 1. The summed E-state index contributed by atoms with van der Waals surface area (Å²) >= 11 is 0. The van der Waals surface area contributed by atoms with Crippen LogP contribution in [0.5, 0.6) is 0 Å². The molecule has 3 aromatic rings. The lowest BCUT2D eigenvalue weighted by molar-refractivity contribution is 0.108. The Kier molecular flexibility index (Phi) is 6.11. The van der Waals surface area contributed by atoms with Crippen molar-refractivity contribution in [3.63, 3.8) is 0 Å². The summed E-state index contributed by atoms with van der Waals surface area (Å²) < 4.78 is 20.5. The third-order valence-corrected chi connectivity index (χ3v) is 5.37. The normalized spacial score (nSPS) is 17.0. The van der Waals surface area contributed by atoms with Crippen molar-refractivity contribution in [3.8, 4) is 0 Å². The number of hydrogen-bond donors (Lipinski definition) is 1. The molecule has 1 aromatic carbocycles. The fourth-order valence-corrected chi connectivity index (χ4v) is 3.82. The minimum absolute atomic E-state index is 0.188. The lowest BCUT2D eigenvalue weighted by Crippen LogP contribution is -2.33. The van der Waals surface area contributed by atoms with Crippen LogP contribution < -0.4 is 5.32 Å². The number of pyridine rings is 1. The first-order valence-electron chi connectivity index (χ1n) is 10.4. The summed E-state index contributed by atoms with van der Waals surface area (Å²) in [5.41, 5.74) is 2.58. The van der Waals surface area contributed by atoms with Crippen molar-refractivity contribution in [3.05, 3.63) is 54.0 Å². The van der Waals surface area contributed by atoms with Crippen molar-refractivity contribution in [2.45, 2.75) is 38.8 Å². The molecule has 1 fully saturated rings. The van der Waals surface area contributed by atoms with Gasteiger partial charge >= 0.3 is 6.09 Å². The Labute approximate surface area is 174 Å². The quantitative estimate of drug-likeness (QED) is 0.686. The number of carbonyl (C=O) groups is 1. The smallest absolute Gasteiger partial charge is 0.409 e. The highest BCUT2D eigenvalue weighted by atomic mass is 19.1. The Morgan fingerprint density at radius 3 is 2.87 bits per heavy atom.